The number of amides is 1. The summed E-state index contributed by atoms with van der Waals surface area (Å²) >= 11 is 12.7. The summed E-state index contributed by atoms with van der Waals surface area (Å²) in [6, 6.07) is 18.1. The van der Waals surface area contributed by atoms with E-state index >= 15 is 0 Å². The maximum absolute atomic E-state index is 14.0. The van der Waals surface area contributed by atoms with E-state index in [4.69, 9.17) is 33.0 Å². The van der Waals surface area contributed by atoms with E-state index < -0.39 is 29.7 Å². The molecule has 1 aromatic heterocycles. The molecule has 1 unspecified atom stereocenters. The van der Waals surface area contributed by atoms with Crippen LogP contribution in [0.5, 0.6) is 0 Å². The third-order valence-electron chi connectivity index (χ3n) is 6.66. The van der Waals surface area contributed by atoms with Gasteiger partial charge in [-0.3, -0.25) is 9.59 Å². The molecule has 11 heteroatoms. The fraction of sp³-hybridized carbons (Fsp3) is 0.233. The normalized spacial score (nSPS) is 12.2. The number of ether oxygens (including phenoxy) is 1. The van der Waals surface area contributed by atoms with Gasteiger partial charge in [-0.05, 0) is 48.9 Å². The summed E-state index contributed by atoms with van der Waals surface area (Å²) in [7, 11) is 1.55. The maximum Gasteiger partial charge on any atom is 0.416 e. The van der Waals surface area contributed by atoms with E-state index in [1.165, 1.54) is 24.0 Å². The van der Waals surface area contributed by atoms with Gasteiger partial charge >= 0.3 is 12.1 Å². The van der Waals surface area contributed by atoms with Gasteiger partial charge < -0.3 is 9.64 Å². The van der Waals surface area contributed by atoms with E-state index in [9.17, 15) is 22.8 Å². The molecule has 6 nitrogen and oxygen atoms in total. The van der Waals surface area contributed by atoms with Crippen LogP contribution in [0.1, 0.15) is 47.1 Å². The standard InChI is InChI=1S/C30H26Cl2F3N3O3/c1-18(20-8-12-22(13-9-20)30(33,34)35)37(3)29(40)27-24(16-17-41-19(2)39)28(21-10-14-23(31)15-11-21)38(36-27)26-7-5-4-6-25(26)32/h4-15,18H,16-17H2,1-3H3. The van der Waals surface area contributed by atoms with Gasteiger partial charge in [-0.15, -0.1) is 0 Å². The van der Waals surface area contributed by atoms with Crippen molar-refractivity contribution in [2.45, 2.75) is 32.5 Å². The van der Waals surface area contributed by atoms with Crippen molar-refractivity contribution in [3.63, 3.8) is 0 Å². The molecule has 3 aromatic carbocycles. The Morgan fingerprint density at radius 1 is 1.00 bits per heavy atom. The number of rotatable bonds is 8. The number of hydrogen-bond donors (Lipinski definition) is 0. The molecular weight excluding hydrogens is 578 g/mol. The number of nitrogens with zero attached hydrogens (tertiary/aromatic N) is 3. The summed E-state index contributed by atoms with van der Waals surface area (Å²) in [4.78, 5) is 26.9. The predicted octanol–water partition coefficient (Wildman–Crippen LogP) is 7.80. The van der Waals surface area contributed by atoms with Gasteiger partial charge in [0.15, 0.2) is 5.69 Å². The van der Waals surface area contributed by atoms with Crippen molar-refractivity contribution in [2.24, 2.45) is 0 Å². The molecule has 0 aliphatic carbocycles. The summed E-state index contributed by atoms with van der Waals surface area (Å²) in [5, 5.41) is 5.61. The van der Waals surface area contributed by atoms with E-state index in [0.717, 1.165) is 12.1 Å². The Morgan fingerprint density at radius 3 is 2.22 bits per heavy atom. The van der Waals surface area contributed by atoms with Gasteiger partial charge in [-0.1, -0.05) is 59.6 Å². The second-order valence-corrected chi connectivity index (χ2v) is 10.2. The quantitative estimate of drug-likeness (QED) is 0.193. The van der Waals surface area contributed by atoms with Gasteiger partial charge in [-0.2, -0.15) is 18.3 Å². The second-order valence-electron chi connectivity index (χ2n) is 9.35. The zero-order chi connectivity index (χ0) is 29.9. The van der Waals surface area contributed by atoms with E-state index in [1.807, 2.05) is 0 Å². The van der Waals surface area contributed by atoms with Crippen molar-refractivity contribution in [1.82, 2.24) is 14.7 Å². The van der Waals surface area contributed by atoms with Crippen LogP contribution in [0.2, 0.25) is 10.0 Å². The van der Waals surface area contributed by atoms with Gasteiger partial charge in [0.25, 0.3) is 5.91 Å². The third-order valence-corrected chi connectivity index (χ3v) is 7.24. The zero-order valence-corrected chi connectivity index (χ0v) is 23.9. The van der Waals surface area contributed by atoms with Gasteiger partial charge in [0.05, 0.1) is 34.6 Å². The number of carbonyl (C=O) groups excluding carboxylic acids is 2. The van der Waals surface area contributed by atoms with Crippen molar-refractivity contribution in [1.29, 1.82) is 0 Å². The summed E-state index contributed by atoms with van der Waals surface area (Å²) in [6.07, 6.45) is -4.31. The molecule has 0 aliphatic heterocycles. The molecule has 0 aliphatic rings. The van der Waals surface area contributed by atoms with Crippen LogP contribution in [0.4, 0.5) is 13.2 Å². The van der Waals surface area contributed by atoms with Crippen LogP contribution in [0.25, 0.3) is 16.9 Å². The summed E-state index contributed by atoms with van der Waals surface area (Å²) in [6.45, 7) is 2.99. The van der Waals surface area contributed by atoms with Crippen LogP contribution in [-0.2, 0) is 22.1 Å². The number of alkyl halides is 3. The minimum Gasteiger partial charge on any atom is -0.466 e. The SMILES string of the molecule is CC(=O)OCCc1c(C(=O)N(C)C(C)c2ccc(C(F)(F)F)cc2)nn(-c2ccccc2Cl)c1-c1ccc(Cl)cc1. The molecule has 0 N–H and O–H groups in total. The number of esters is 1. The van der Waals surface area contributed by atoms with E-state index in [1.54, 1.807) is 67.2 Å². The molecule has 1 heterocycles. The van der Waals surface area contributed by atoms with Crippen LogP contribution in [0.15, 0.2) is 72.8 Å². The molecule has 0 fully saturated rings. The topological polar surface area (TPSA) is 64.4 Å². The Morgan fingerprint density at radius 2 is 1.63 bits per heavy atom. The molecule has 4 rings (SSSR count). The third kappa shape index (κ3) is 6.74. The summed E-state index contributed by atoms with van der Waals surface area (Å²) < 4.78 is 46.0. The fourth-order valence-corrected chi connectivity index (χ4v) is 4.72. The van der Waals surface area contributed by atoms with Crippen LogP contribution in [-0.4, -0.2) is 40.2 Å². The number of hydrogen-bond acceptors (Lipinski definition) is 4. The van der Waals surface area contributed by atoms with Gasteiger partial charge in [0, 0.05) is 36.5 Å². The summed E-state index contributed by atoms with van der Waals surface area (Å²) in [5.74, 6) is -0.950. The van der Waals surface area contributed by atoms with E-state index in [-0.39, 0.29) is 18.7 Å². The monoisotopic (exact) mass is 603 g/mol. The molecule has 0 bridgehead atoms. The molecule has 41 heavy (non-hydrogen) atoms. The Bertz CT molecular complexity index is 1550. The highest BCUT2D eigenvalue weighted by Gasteiger charge is 2.32. The average Bonchev–Trinajstić information content (AvgIpc) is 3.31. The highest BCUT2D eigenvalue weighted by atomic mass is 35.5. The Balaban J connectivity index is 1.83. The first-order chi connectivity index (χ1) is 19.4. The lowest BCUT2D eigenvalue weighted by Gasteiger charge is -2.25. The van der Waals surface area contributed by atoms with Crippen LogP contribution < -0.4 is 0 Å². The Hall–Kier alpha value is -3.82. The minimum atomic E-state index is -4.47. The number of halogens is 5. The van der Waals surface area contributed by atoms with Crippen molar-refractivity contribution >= 4 is 35.1 Å². The number of carbonyl (C=O) groups is 2. The number of para-hydroxylation sites is 1. The maximum atomic E-state index is 14.0. The Labute approximate surface area is 245 Å². The second kappa shape index (κ2) is 12.4. The molecule has 0 saturated heterocycles. The molecule has 0 spiro atoms. The lowest BCUT2D eigenvalue weighted by atomic mass is 10.0. The molecule has 1 amide bonds. The van der Waals surface area contributed by atoms with Crippen molar-refractivity contribution in [3.05, 3.63) is 105 Å². The van der Waals surface area contributed by atoms with Gasteiger partial charge in [0.1, 0.15) is 0 Å². The van der Waals surface area contributed by atoms with Crippen LogP contribution >= 0.6 is 23.2 Å². The molecule has 0 saturated carbocycles. The van der Waals surface area contributed by atoms with Crippen LogP contribution in [0.3, 0.4) is 0 Å². The summed E-state index contributed by atoms with van der Waals surface area (Å²) in [5.41, 5.74) is 2.09. The highest BCUT2D eigenvalue weighted by molar-refractivity contribution is 6.32. The first kappa shape index (κ1) is 30.1. The zero-order valence-electron chi connectivity index (χ0n) is 22.4. The van der Waals surface area contributed by atoms with Gasteiger partial charge in [0.2, 0.25) is 0 Å². The molecule has 0 radical (unpaired) electrons. The minimum absolute atomic E-state index is 0.0113. The average molecular weight is 604 g/mol. The fourth-order valence-electron chi connectivity index (χ4n) is 4.38. The molecule has 1 atom stereocenters. The van der Waals surface area contributed by atoms with E-state index in [0.29, 0.717) is 38.1 Å². The first-order valence-corrected chi connectivity index (χ1v) is 13.3. The smallest absolute Gasteiger partial charge is 0.416 e. The highest BCUT2D eigenvalue weighted by Crippen LogP contribution is 2.35. The molecule has 4 aromatic rings. The van der Waals surface area contributed by atoms with Crippen LogP contribution in [0, 0.1) is 0 Å². The lowest BCUT2D eigenvalue weighted by Crippen LogP contribution is -2.31. The molecule has 214 valence electrons. The predicted molar refractivity (Wildman–Crippen MR) is 151 cm³/mol. The largest absolute Gasteiger partial charge is 0.466 e. The number of benzene rings is 3. The molecular formula is C30H26Cl2F3N3O3. The number of aromatic nitrogens is 2. The van der Waals surface area contributed by atoms with E-state index in [2.05, 4.69) is 0 Å². The van der Waals surface area contributed by atoms with Gasteiger partial charge in [-0.25, -0.2) is 4.68 Å². The van der Waals surface area contributed by atoms with Crippen molar-refractivity contribution in [3.8, 4) is 16.9 Å². The first-order valence-electron chi connectivity index (χ1n) is 12.6. The lowest BCUT2D eigenvalue weighted by molar-refractivity contribution is -0.141. The van der Waals surface area contributed by atoms with Crippen molar-refractivity contribution in [2.75, 3.05) is 13.7 Å². The Kier molecular flexibility index (Phi) is 9.09. The van der Waals surface area contributed by atoms with Crippen molar-refractivity contribution < 1.29 is 27.5 Å².